The summed E-state index contributed by atoms with van der Waals surface area (Å²) in [4.78, 5) is 22.7. The minimum atomic E-state index is -0.169. The molecule has 1 aromatic carbocycles. The Bertz CT molecular complexity index is 452. The molecule has 0 saturated heterocycles. The van der Waals surface area contributed by atoms with Crippen molar-refractivity contribution in [1.82, 2.24) is 5.32 Å². The summed E-state index contributed by atoms with van der Waals surface area (Å²) in [6, 6.07) is 7.01. The van der Waals surface area contributed by atoms with Crippen molar-refractivity contribution in [3.63, 3.8) is 0 Å². The van der Waals surface area contributed by atoms with Crippen LogP contribution in [-0.2, 0) is 9.53 Å². The number of anilines is 1. The minimum Gasteiger partial charge on any atom is -0.469 e. The number of nitrogens with two attached hydrogens (primary N) is 1. The number of carbonyl (C=O) groups is 2. The van der Waals surface area contributed by atoms with Gasteiger partial charge in [0.15, 0.2) is 0 Å². The monoisotopic (exact) mass is 314 g/mol. The summed E-state index contributed by atoms with van der Waals surface area (Å²) in [7, 11) is 1.40. The van der Waals surface area contributed by atoms with Gasteiger partial charge in [-0.1, -0.05) is 25.0 Å². The third kappa shape index (κ3) is 7.56. The smallest absolute Gasteiger partial charge is 0.305 e. The fourth-order valence-electron chi connectivity index (χ4n) is 1.85. The molecule has 0 bridgehead atoms. The van der Waals surface area contributed by atoms with Crippen molar-refractivity contribution in [3.05, 3.63) is 29.8 Å². The van der Waals surface area contributed by atoms with E-state index in [4.69, 9.17) is 5.73 Å². The summed E-state index contributed by atoms with van der Waals surface area (Å²) in [5, 5.41) is 2.84. The Kier molecular flexibility index (Phi) is 10.1. The Labute approximate surface area is 131 Å². The van der Waals surface area contributed by atoms with Crippen LogP contribution in [0.4, 0.5) is 5.69 Å². The Morgan fingerprint density at radius 1 is 1.14 bits per heavy atom. The molecule has 21 heavy (non-hydrogen) atoms. The van der Waals surface area contributed by atoms with Crippen LogP contribution in [0, 0.1) is 0 Å². The first-order valence-corrected chi connectivity index (χ1v) is 6.84. The van der Waals surface area contributed by atoms with Gasteiger partial charge in [0.1, 0.15) is 0 Å². The Hall–Kier alpha value is -1.75. The molecule has 6 heteroatoms. The summed E-state index contributed by atoms with van der Waals surface area (Å²) >= 11 is 0. The lowest BCUT2D eigenvalue weighted by Crippen LogP contribution is -2.25. The van der Waals surface area contributed by atoms with Gasteiger partial charge in [-0.2, -0.15) is 0 Å². The Morgan fingerprint density at radius 3 is 2.48 bits per heavy atom. The second-order valence-electron chi connectivity index (χ2n) is 4.58. The molecule has 0 aromatic heterocycles. The number of esters is 1. The summed E-state index contributed by atoms with van der Waals surface area (Å²) in [6.07, 6.45) is 4.11. The molecular formula is C15H23ClN2O3. The van der Waals surface area contributed by atoms with E-state index in [2.05, 4.69) is 10.1 Å². The van der Waals surface area contributed by atoms with E-state index in [0.717, 1.165) is 25.7 Å². The molecule has 0 aliphatic rings. The number of hydrogen-bond acceptors (Lipinski definition) is 4. The molecule has 0 saturated carbocycles. The van der Waals surface area contributed by atoms with Crippen molar-refractivity contribution in [2.24, 2.45) is 0 Å². The fraction of sp³-hybridized carbons (Fsp3) is 0.467. The number of halogens is 1. The minimum absolute atomic E-state index is 0. The summed E-state index contributed by atoms with van der Waals surface area (Å²) < 4.78 is 4.56. The van der Waals surface area contributed by atoms with Gasteiger partial charge in [-0.25, -0.2) is 0 Å². The number of rotatable bonds is 8. The number of amides is 1. The van der Waals surface area contributed by atoms with Crippen LogP contribution >= 0.6 is 12.4 Å². The highest BCUT2D eigenvalue weighted by Gasteiger charge is 2.07. The maximum atomic E-state index is 11.8. The van der Waals surface area contributed by atoms with Gasteiger partial charge in [-0.3, -0.25) is 9.59 Å². The van der Waals surface area contributed by atoms with E-state index in [1.807, 2.05) is 0 Å². The second kappa shape index (κ2) is 11.0. The molecule has 0 aliphatic heterocycles. The number of benzene rings is 1. The van der Waals surface area contributed by atoms with Crippen molar-refractivity contribution in [2.75, 3.05) is 19.4 Å². The number of nitrogen functional groups attached to an aromatic ring is 1. The zero-order valence-electron chi connectivity index (χ0n) is 12.3. The first-order valence-electron chi connectivity index (χ1n) is 6.84. The third-order valence-electron chi connectivity index (χ3n) is 3.03. The number of para-hydroxylation sites is 1. The van der Waals surface area contributed by atoms with Crippen LogP contribution in [-0.4, -0.2) is 25.5 Å². The van der Waals surface area contributed by atoms with Crippen molar-refractivity contribution in [2.45, 2.75) is 32.1 Å². The molecule has 0 heterocycles. The molecule has 0 fully saturated rings. The highest BCUT2D eigenvalue weighted by Crippen LogP contribution is 2.10. The van der Waals surface area contributed by atoms with Gasteiger partial charge in [0.25, 0.3) is 5.91 Å². The van der Waals surface area contributed by atoms with Crippen LogP contribution in [0.3, 0.4) is 0 Å². The maximum Gasteiger partial charge on any atom is 0.305 e. The molecule has 0 unspecified atom stereocenters. The lowest BCUT2D eigenvalue weighted by molar-refractivity contribution is -0.140. The van der Waals surface area contributed by atoms with E-state index in [9.17, 15) is 9.59 Å². The zero-order valence-corrected chi connectivity index (χ0v) is 13.1. The van der Waals surface area contributed by atoms with Crippen LogP contribution in [0.5, 0.6) is 0 Å². The number of hydrogen-bond donors (Lipinski definition) is 2. The Balaban J connectivity index is 0.00000400. The third-order valence-corrected chi connectivity index (χ3v) is 3.03. The SMILES string of the molecule is COC(=O)CCCCCCNC(=O)c1ccccc1N.Cl. The lowest BCUT2D eigenvalue weighted by atomic mass is 10.1. The number of unbranched alkanes of at least 4 members (excludes halogenated alkanes) is 3. The fourth-order valence-corrected chi connectivity index (χ4v) is 1.85. The number of carbonyl (C=O) groups excluding carboxylic acids is 2. The molecule has 0 spiro atoms. The predicted octanol–water partition coefficient (Wildman–Crippen LogP) is 2.54. The van der Waals surface area contributed by atoms with Crippen molar-refractivity contribution < 1.29 is 14.3 Å². The summed E-state index contributed by atoms with van der Waals surface area (Å²) in [5.41, 5.74) is 6.73. The molecule has 3 N–H and O–H groups in total. The second-order valence-corrected chi connectivity index (χ2v) is 4.58. The van der Waals surface area contributed by atoms with E-state index in [-0.39, 0.29) is 24.3 Å². The standard InChI is InChI=1S/C15H22N2O3.ClH/c1-20-14(18)10-4-2-3-7-11-17-15(19)12-8-5-6-9-13(12)16;/h5-6,8-9H,2-4,7,10-11,16H2,1H3,(H,17,19);1H. The zero-order chi connectivity index (χ0) is 14.8. The van der Waals surface area contributed by atoms with Crippen LogP contribution in [0.15, 0.2) is 24.3 Å². The normalized spacial score (nSPS) is 9.57. The highest BCUT2D eigenvalue weighted by atomic mass is 35.5. The van der Waals surface area contributed by atoms with Crippen molar-refractivity contribution >= 4 is 30.0 Å². The molecule has 0 radical (unpaired) electrons. The molecular weight excluding hydrogens is 292 g/mol. The summed E-state index contributed by atoms with van der Waals surface area (Å²) in [5.74, 6) is -0.310. The van der Waals surface area contributed by atoms with E-state index in [0.29, 0.717) is 24.2 Å². The van der Waals surface area contributed by atoms with Gasteiger partial charge in [0.05, 0.1) is 12.7 Å². The average Bonchev–Trinajstić information content (AvgIpc) is 2.46. The molecule has 1 amide bonds. The van der Waals surface area contributed by atoms with Gasteiger partial charge in [-0.05, 0) is 25.0 Å². The van der Waals surface area contributed by atoms with E-state index >= 15 is 0 Å². The van der Waals surface area contributed by atoms with Crippen LogP contribution in [0.25, 0.3) is 0 Å². The quantitative estimate of drug-likeness (QED) is 0.439. The topological polar surface area (TPSA) is 81.4 Å². The first-order chi connectivity index (χ1) is 9.65. The van der Waals surface area contributed by atoms with Crippen LogP contribution in [0.2, 0.25) is 0 Å². The van der Waals surface area contributed by atoms with Gasteiger partial charge < -0.3 is 15.8 Å². The van der Waals surface area contributed by atoms with Gasteiger partial charge in [0, 0.05) is 18.7 Å². The average molecular weight is 315 g/mol. The van der Waals surface area contributed by atoms with Crippen LogP contribution in [0.1, 0.15) is 42.5 Å². The molecule has 0 aliphatic carbocycles. The van der Waals surface area contributed by atoms with Crippen molar-refractivity contribution in [1.29, 1.82) is 0 Å². The van der Waals surface area contributed by atoms with E-state index in [1.54, 1.807) is 24.3 Å². The highest BCUT2D eigenvalue weighted by molar-refractivity contribution is 5.98. The predicted molar refractivity (Wildman–Crippen MR) is 85.5 cm³/mol. The molecule has 0 atom stereocenters. The lowest BCUT2D eigenvalue weighted by Gasteiger charge is -2.07. The number of methoxy groups -OCH3 is 1. The molecule has 1 aromatic rings. The number of ether oxygens (including phenoxy) is 1. The Morgan fingerprint density at radius 2 is 1.81 bits per heavy atom. The maximum absolute atomic E-state index is 11.8. The van der Waals surface area contributed by atoms with E-state index in [1.165, 1.54) is 7.11 Å². The van der Waals surface area contributed by atoms with Gasteiger partial charge in [-0.15, -0.1) is 12.4 Å². The van der Waals surface area contributed by atoms with Crippen LogP contribution < -0.4 is 11.1 Å². The first kappa shape index (κ1) is 19.2. The molecule has 5 nitrogen and oxygen atoms in total. The number of nitrogens with one attached hydrogen (secondary N) is 1. The van der Waals surface area contributed by atoms with Gasteiger partial charge >= 0.3 is 5.97 Å². The molecule has 118 valence electrons. The summed E-state index contributed by atoms with van der Waals surface area (Å²) in [6.45, 7) is 0.616. The van der Waals surface area contributed by atoms with E-state index < -0.39 is 0 Å². The molecule has 1 rings (SSSR count). The van der Waals surface area contributed by atoms with Crippen molar-refractivity contribution in [3.8, 4) is 0 Å². The van der Waals surface area contributed by atoms with Gasteiger partial charge in [0.2, 0.25) is 0 Å². The largest absolute Gasteiger partial charge is 0.469 e.